The fourth-order valence-corrected chi connectivity index (χ4v) is 4.34. The molecular weight excluding hydrogens is 362 g/mol. The van der Waals surface area contributed by atoms with E-state index in [2.05, 4.69) is 34.5 Å². The lowest BCUT2D eigenvalue weighted by atomic mass is 10.0. The average molecular weight is 392 g/mol. The number of rotatable bonds is 6. The van der Waals surface area contributed by atoms with Gasteiger partial charge in [-0.1, -0.05) is 36.8 Å². The predicted molar refractivity (Wildman–Crippen MR) is 115 cm³/mol. The Hall–Kier alpha value is -2.66. The molecule has 29 heavy (non-hydrogen) atoms. The van der Waals surface area contributed by atoms with Crippen LogP contribution < -0.4 is 10.2 Å². The van der Waals surface area contributed by atoms with Crippen LogP contribution in [0.1, 0.15) is 48.0 Å². The van der Waals surface area contributed by atoms with E-state index in [1.165, 1.54) is 18.4 Å². The minimum Gasteiger partial charge on any atom is -0.350 e. The standard InChI is InChI=1S/C24H29N3O2/c28-23-10-6-16-27(23)21-13-11-20(12-14-21)24(29)25-17-22-9-4-5-15-26(22)18-19-7-2-1-3-8-19/h1-3,7-8,11-14,22H,4-6,9-10,15-18H2,(H,25,29). The molecule has 0 radical (unpaired) electrons. The summed E-state index contributed by atoms with van der Waals surface area (Å²) in [5, 5.41) is 3.12. The lowest BCUT2D eigenvalue weighted by Gasteiger charge is -2.36. The smallest absolute Gasteiger partial charge is 0.251 e. The summed E-state index contributed by atoms with van der Waals surface area (Å²) in [6.07, 6.45) is 5.06. The Morgan fingerprint density at radius 2 is 1.76 bits per heavy atom. The van der Waals surface area contributed by atoms with Gasteiger partial charge < -0.3 is 10.2 Å². The van der Waals surface area contributed by atoms with Crippen LogP contribution in [0.4, 0.5) is 5.69 Å². The Labute approximate surface area is 172 Å². The third-order valence-electron chi connectivity index (χ3n) is 5.99. The molecule has 0 saturated carbocycles. The number of nitrogens with zero attached hydrogens (tertiary/aromatic N) is 2. The second-order valence-corrected chi connectivity index (χ2v) is 8.01. The first-order chi connectivity index (χ1) is 14.2. The molecule has 4 rings (SSSR count). The third kappa shape index (κ3) is 4.85. The van der Waals surface area contributed by atoms with Crippen molar-refractivity contribution in [2.45, 2.75) is 44.7 Å². The fraction of sp³-hybridized carbons (Fsp3) is 0.417. The van der Waals surface area contributed by atoms with E-state index in [1.54, 1.807) is 4.90 Å². The van der Waals surface area contributed by atoms with Crippen LogP contribution >= 0.6 is 0 Å². The van der Waals surface area contributed by atoms with Gasteiger partial charge in [-0.15, -0.1) is 0 Å². The van der Waals surface area contributed by atoms with Crippen LogP contribution in [-0.2, 0) is 11.3 Å². The molecule has 5 nitrogen and oxygen atoms in total. The quantitative estimate of drug-likeness (QED) is 0.819. The molecule has 0 aromatic heterocycles. The predicted octanol–water partition coefficient (Wildman–Crippen LogP) is 3.60. The van der Waals surface area contributed by atoms with E-state index in [0.717, 1.165) is 38.2 Å². The van der Waals surface area contributed by atoms with Gasteiger partial charge in [0.25, 0.3) is 5.91 Å². The van der Waals surface area contributed by atoms with Crippen molar-refractivity contribution in [3.63, 3.8) is 0 Å². The van der Waals surface area contributed by atoms with Gasteiger partial charge in [0.15, 0.2) is 0 Å². The summed E-state index contributed by atoms with van der Waals surface area (Å²) in [7, 11) is 0. The van der Waals surface area contributed by atoms with Gasteiger partial charge in [0.1, 0.15) is 0 Å². The van der Waals surface area contributed by atoms with Crippen LogP contribution in [-0.4, -0.2) is 42.4 Å². The first-order valence-electron chi connectivity index (χ1n) is 10.7. The molecule has 2 aromatic rings. The number of piperidine rings is 1. The van der Waals surface area contributed by atoms with Crippen LogP contribution in [0.2, 0.25) is 0 Å². The molecule has 2 aromatic carbocycles. The fourth-order valence-electron chi connectivity index (χ4n) is 4.34. The molecule has 1 N–H and O–H groups in total. The number of carbonyl (C=O) groups is 2. The lowest BCUT2D eigenvalue weighted by molar-refractivity contribution is -0.117. The first-order valence-corrected chi connectivity index (χ1v) is 10.7. The molecule has 2 fully saturated rings. The molecule has 0 bridgehead atoms. The highest BCUT2D eigenvalue weighted by Crippen LogP contribution is 2.22. The van der Waals surface area contributed by atoms with E-state index in [-0.39, 0.29) is 11.8 Å². The van der Waals surface area contributed by atoms with Crippen LogP contribution in [0.5, 0.6) is 0 Å². The first kappa shape index (κ1) is 19.6. The zero-order valence-corrected chi connectivity index (χ0v) is 16.8. The van der Waals surface area contributed by atoms with Crippen molar-refractivity contribution < 1.29 is 9.59 Å². The lowest BCUT2D eigenvalue weighted by Crippen LogP contribution is -2.46. The van der Waals surface area contributed by atoms with Crippen molar-refractivity contribution in [1.82, 2.24) is 10.2 Å². The Morgan fingerprint density at radius 3 is 2.48 bits per heavy atom. The van der Waals surface area contributed by atoms with Gasteiger partial charge in [-0.2, -0.15) is 0 Å². The second-order valence-electron chi connectivity index (χ2n) is 8.01. The number of carbonyl (C=O) groups excluding carboxylic acids is 2. The normalized spacial score (nSPS) is 20.1. The number of likely N-dealkylation sites (tertiary alicyclic amines) is 1. The molecule has 152 valence electrons. The molecule has 2 aliphatic heterocycles. The third-order valence-corrected chi connectivity index (χ3v) is 5.99. The van der Waals surface area contributed by atoms with Gasteiger partial charge in [-0.3, -0.25) is 14.5 Å². The largest absolute Gasteiger partial charge is 0.350 e. The Bertz CT molecular complexity index is 835. The van der Waals surface area contributed by atoms with Crippen molar-refractivity contribution in [1.29, 1.82) is 0 Å². The van der Waals surface area contributed by atoms with Crippen molar-refractivity contribution in [3.05, 3.63) is 65.7 Å². The van der Waals surface area contributed by atoms with E-state index in [0.29, 0.717) is 24.6 Å². The number of hydrogen-bond donors (Lipinski definition) is 1. The number of amides is 2. The number of anilines is 1. The maximum atomic E-state index is 12.6. The van der Waals surface area contributed by atoms with Crippen molar-refractivity contribution in [2.75, 3.05) is 24.5 Å². The highest BCUT2D eigenvalue weighted by Gasteiger charge is 2.24. The van der Waals surface area contributed by atoms with E-state index >= 15 is 0 Å². The van der Waals surface area contributed by atoms with Gasteiger partial charge in [0, 0.05) is 43.3 Å². The zero-order valence-electron chi connectivity index (χ0n) is 16.8. The Kier molecular flexibility index (Phi) is 6.25. The van der Waals surface area contributed by atoms with Gasteiger partial charge in [0.05, 0.1) is 0 Å². The van der Waals surface area contributed by atoms with Crippen molar-refractivity contribution in [3.8, 4) is 0 Å². The van der Waals surface area contributed by atoms with Crippen LogP contribution in [0.15, 0.2) is 54.6 Å². The zero-order chi connectivity index (χ0) is 20.1. The average Bonchev–Trinajstić information content (AvgIpc) is 3.19. The highest BCUT2D eigenvalue weighted by molar-refractivity contribution is 5.97. The SMILES string of the molecule is O=C(NCC1CCCCN1Cc1ccccc1)c1ccc(N2CCCC2=O)cc1. The summed E-state index contributed by atoms with van der Waals surface area (Å²) >= 11 is 0. The molecule has 2 heterocycles. The maximum absolute atomic E-state index is 12.6. The minimum atomic E-state index is -0.0467. The van der Waals surface area contributed by atoms with Crippen LogP contribution in [0.25, 0.3) is 0 Å². The minimum absolute atomic E-state index is 0.0467. The molecule has 2 amide bonds. The van der Waals surface area contributed by atoms with Gasteiger partial charge in [0.2, 0.25) is 5.91 Å². The summed E-state index contributed by atoms with van der Waals surface area (Å²) in [6, 6.07) is 18.3. The monoisotopic (exact) mass is 391 g/mol. The van der Waals surface area contributed by atoms with Gasteiger partial charge >= 0.3 is 0 Å². The Morgan fingerprint density at radius 1 is 0.966 bits per heavy atom. The molecule has 0 aliphatic carbocycles. The Balaban J connectivity index is 1.33. The summed E-state index contributed by atoms with van der Waals surface area (Å²) in [4.78, 5) is 28.8. The molecular formula is C24H29N3O2. The topological polar surface area (TPSA) is 52.7 Å². The number of nitrogens with one attached hydrogen (secondary N) is 1. The summed E-state index contributed by atoms with van der Waals surface area (Å²) in [6.45, 7) is 3.44. The van der Waals surface area contributed by atoms with Crippen LogP contribution in [0.3, 0.4) is 0 Å². The van der Waals surface area contributed by atoms with Gasteiger partial charge in [-0.05, 0) is 55.6 Å². The van der Waals surface area contributed by atoms with E-state index in [9.17, 15) is 9.59 Å². The second kappa shape index (κ2) is 9.23. The molecule has 0 spiro atoms. The molecule has 5 heteroatoms. The number of hydrogen-bond acceptors (Lipinski definition) is 3. The highest BCUT2D eigenvalue weighted by atomic mass is 16.2. The summed E-state index contributed by atoms with van der Waals surface area (Å²) in [5.41, 5.74) is 2.84. The number of benzene rings is 2. The van der Waals surface area contributed by atoms with E-state index in [4.69, 9.17) is 0 Å². The maximum Gasteiger partial charge on any atom is 0.251 e. The molecule has 1 atom stereocenters. The van der Waals surface area contributed by atoms with Crippen molar-refractivity contribution in [2.24, 2.45) is 0 Å². The van der Waals surface area contributed by atoms with E-state index < -0.39 is 0 Å². The molecule has 1 unspecified atom stereocenters. The summed E-state index contributed by atoms with van der Waals surface area (Å²) < 4.78 is 0. The van der Waals surface area contributed by atoms with Crippen molar-refractivity contribution >= 4 is 17.5 Å². The van der Waals surface area contributed by atoms with E-state index in [1.807, 2.05) is 30.3 Å². The van der Waals surface area contributed by atoms with Crippen LogP contribution in [0, 0.1) is 0 Å². The van der Waals surface area contributed by atoms with Gasteiger partial charge in [-0.25, -0.2) is 0 Å². The molecule has 2 aliphatic rings. The molecule has 2 saturated heterocycles. The summed E-state index contributed by atoms with van der Waals surface area (Å²) in [5.74, 6) is 0.118.